The van der Waals surface area contributed by atoms with Crippen molar-refractivity contribution in [3.8, 4) is 11.6 Å². The Labute approximate surface area is 101 Å². The van der Waals surface area contributed by atoms with Gasteiger partial charge in [-0.1, -0.05) is 5.16 Å². The van der Waals surface area contributed by atoms with Crippen LogP contribution in [0.5, 0.6) is 0 Å². The lowest BCUT2D eigenvalue weighted by Gasteiger charge is -1.87. The van der Waals surface area contributed by atoms with Gasteiger partial charge in [0.05, 0.1) is 10.8 Å². The quantitative estimate of drug-likeness (QED) is 0.874. The van der Waals surface area contributed by atoms with Crippen LogP contribution in [-0.4, -0.2) is 27.9 Å². The highest BCUT2D eigenvalue weighted by Gasteiger charge is 2.11. The molecule has 0 atom stereocenters. The largest absolute Gasteiger partial charge is 0.332 e. The molecule has 2 aromatic heterocycles. The van der Waals surface area contributed by atoms with Crippen molar-refractivity contribution in [3.05, 3.63) is 16.2 Å². The Kier molecular flexibility index (Phi) is 3.92. The van der Waals surface area contributed by atoms with Gasteiger partial charge >= 0.3 is 0 Å². The molecule has 0 spiro atoms. The summed E-state index contributed by atoms with van der Waals surface area (Å²) in [5.41, 5.74) is 6.21. The summed E-state index contributed by atoms with van der Waals surface area (Å²) in [6.45, 7) is 0.606. The monoisotopic (exact) mass is 256 g/mol. The van der Waals surface area contributed by atoms with E-state index in [1.54, 1.807) is 23.1 Å². The summed E-state index contributed by atoms with van der Waals surface area (Å²) < 4.78 is 5.13. The minimum atomic E-state index is 0.489. The third-order valence-electron chi connectivity index (χ3n) is 1.87. The van der Waals surface area contributed by atoms with Gasteiger partial charge in [0, 0.05) is 11.8 Å². The molecular weight excluding hydrogens is 244 g/mol. The van der Waals surface area contributed by atoms with Crippen LogP contribution in [0.25, 0.3) is 11.6 Å². The molecule has 0 radical (unpaired) electrons. The first-order valence-corrected chi connectivity index (χ1v) is 7.07. The van der Waals surface area contributed by atoms with Crippen molar-refractivity contribution in [1.29, 1.82) is 0 Å². The molecule has 0 saturated heterocycles. The number of hydrogen-bond donors (Lipinski definition) is 1. The van der Waals surface area contributed by atoms with E-state index in [4.69, 9.17) is 10.3 Å². The maximum Gasteiger partial charge on any atom is 0.277 e. The van der Waals surface area contributed by atoms with Gasteiger partial charge in [0.1, 0.15) is 5.69 Å². The molecule has 5 nitrogen and oxygen atoms in total. The van der Waals surface area contributed by atoms with Crippen LogP contribution >= 0.6 is 23.1 Å². The van der Waals surface area contributed by atoms with E-state index in [0.717, 1.165) is 22.9 Å². The highest BCUT2D eigenvalue weighted by Crippen LogP contribution is 2.21. The number of thioether (sulfide) groups is 1. The molecule has 0 aliphatic heterocycles. The van der Waals surface area contributed by atoms with Gasteiger partial charge in [-0.3, -0.25) is 0 Å². The SMILES string of the molecule is CSCc1noc(-c2csc(CCN)n2)n1. The van der Waals surface area contributed by atoms with Crippen LogP contribution in [0.1, 0.15) is 10.8 Å². The van der Waals surface area contributed by atoms with Crippen LogP contribution in [0.3, 0.4) is 0 Å². The molecule has 2 rings (SSSR count). The fraction of sp³-hybridized carbons (Fsp3) is 0.444. The fourth-order valence-electron chi connectivity index (χ4n) is 1.19. The average Bonchev–Trinajstić information content (AvgIpc) is 2.87. The molecule has 0 amide bonds. The minimum Gasteiger partial charge on any atom is -0.332 e. The minimum absolute atomic E-state index is 0.489. The second kappa shape index (κ2) is 5.42. The van der Waals surface area contributed by atoms with Gasteiger partial charge in [-0.25, -0.2) is 4.98 Å². The molecule has 0 aromatic carbocycles. The first kappa shape index (κ1) is 11.6. The van der Waals surface area contributed by atoms with Crippen LogP contribution in [0.15, 0.2) is 9.90 Å². The van der Waals surface area contributed by atoms with Crippen molar-refractivity contribution in [1.82, 2.24) is 15.1 Å². The Morgan fingerprint density at radius 3 is 3.12 bits per heavy atom. The van der Waals surface area contributed by atoms with E-state index < -0.39 is 0 Å². The first-order valence-electron chi connectivity index (χ1n) is 4.80. The van der Waals surface area contributed by atoms with E-state index >= 15 is 0 Å². The maximum absolute atomic E-state index is 5.46. The number of thiazole rings is 1. The zero-order valence-electron chi connectivity index (χ0n) is 8.84. The number of nitrogens with zero attached hydrogens (tertiary/aromatic N) is 3. The van der Waals surface area contributed by atoms with E-state index in [1.165, 1.54) is 0 Å². The van der Waals surface area contributed by atoms with Crippen molar-refractivity contribution < 1.29 is 4.52 Å². The molecule has 86 valence electrons. The van der Waals surface area contributed by atoms with Crippen LogP contribution in [0.4, 0.5) is 0 Å². The van der Waals surface area contributed by atoms with Crippen molar-refractivity contribution in [2.24, 2.45) is 5.73 Å². The zero-order valence-corrected chi connectivity index (χ0v) is 10.5. The van der Waals surface area contributed by atoms with Crippen LogP contribution in [0, 0.1) is 0 Å². The number of aromatic nitrogens is 3. The average molecular weight is 256 g/mol. The Balaban J connectivity index is 2.14. The summed E-state index contributed by atoms with van der Waals surface area (Å²) in [6, 6.07) is 0. The summed E-state index contributed by atoms with van der Waals surface area (Å²) in [5, 5.41) is 6.79. The molecule has 0 bridgehead atoms. The van der Waals surface area contributed by atoms with Crippen LogP contribution in [-0.2, 0) is 12.2 Å². The van der Waals surface area contributed by atoms with Gasteiger partial charge in [0.25, 0.3) is 5.89 Å². The Hall–Kier alpha value is -0.920. The van der Waals surface area contributed by atoms with Gasteiger partial charge in [0.15, 0.2) is 5.82 Å². The zero-order chi connectivity index (χ0) is 11.4. The van der Waals surface area contributed by atoms with Crippen LogP contribution in [0.2, 0.25) is 0 Å². The number of hydrogen-bond acceptors (Lipinski definition) is 7. The molecule has 0 aliphatic carbocycles. The molecule has 2 aromatic rings. The summed E-state index contributed by atoms with van der Waals surface area (Å²) in [7, 11) is 0. The summed E-state index contributed by atoms with van der Waals surface area (Å²) >= 11 is 3.22. The van der Waals surface area contributed by atoms with Crippen molar-refractivity contribution in [2.45, 2.75) is 12.2 Å². The van der Waals surface area contributed by atoms with E-state index in [-0.39, 0.29) is 0 Å². The predicted molar refractivity (Wildman–Crippen MR) is 65.4 cm³/mol. The maximum atomic E-state index is 5.46. The summed E-state index contributed by atoms with van der Waals surface area (Å²) in [4.78, 5) is 8.64. The second-order valence-corrected chi connectivity index (χ2v) is 4.92. The first-order chi connectivity index (χ1) is 7.83. The Bertz CT molecular complexity index is 412. The summed E-state index contributed by atoms with van der Waals surface area (Å²) in [5.74, 6) is 1.95. The molecule has 2 heterocycles. The standard InChI is InChI=1S/C9H12N4OS2/c1-15-5-7-12-9(14-13-7)6-4-16-8(11-6)2-3-10/h4H,2-3,5,10H2,1H3. The smallest absolute Gasteiger partial charge is 0.277 e. The lowest BCUT2D eigenvalue weighted by molar-refractivity contribution is 0.424. The van der Waals surface area contributed by atoms with Crippen molar-refractivity contribution in [2.75, 3.05) is 12.8 Å². The van der Waals surface area contributed by atoms with E-state index in [1.807, 2.05) is 11.6 Å². The lowest BCUT2D eigenvalue weighted by Crippen LogP contribution is -2.01. The van der Waals surface area contributed by atoms with Gasteiger partial charge in [-0.05, 0) is 12.8 Å². The lowest BCUT2D eigenvalue weighted by atomic mass is 10.4. The van der Waals surface area contributed by atoms with Crippen molar-refractivity contribution in [3.63, 3.8) is 0 Å². The fourth-order valence-corrected chi connectivity index (χ4v) is 2.36. The molecular formula is C9H12N4OS2. The number of rotatable bonds is 5. The molecule has 2 N–H and O–H groups in total. The van der Waals surface area contributed by atoms with Gasteiger partial charge in [0.2, 0.25) is 0 Å². The highest BCUT2D eigenvalue weighted by atomic mass is 32.2. The van der Waals surface area contributed by atoms with E-state index in [2.05, 4.69) is 15.1 Å². The third kappa shape index (κ3) is 2.60. The predicted octanol–water partition coefficient (Wildman–Crippen LogP) is 1.56. The Morgan fingerprint density at radius 2 is 2.38 bits per heavy atom. The molecule has 16 heavy (non-hydrogen) atoms. The number of nitrogens with two attached hydrogens (primary N) is 1. The highest BCUT2D eigenvalue weighted by molar-refractivity contribution is 7.97. The summed E-state index contributed by atoms with van der Waals surface area (Å²) in [6.07, 6.45) is 2.79. The van der Waals surface area contributed by atoms with E-state index in [0.29, 0.717) is 18.3 Å². The van der Waals surface area contributed by atoms with Crippen molar-refractivity contribution >= 4 is 23.1 Å². The Morgan fingerprint density at radius 1 is 1.50 bits per heavy atom. The third-order valence-corrected chi connectivity index (χ3v) is 3.33. The van der Waals surface area contributed by atoms with Gasteiger partial charge in [-0.2, -0.15) is 16.7 Å². The van der Waals surface area contributed by atoms with E-state index in [9.17, 15) is 0 Å². The van der Waals surface area contributed by atoms with Gasteiger partial charge in [-0.15, -0.1) is 11.3 Å². The molecule has 0 aliphatic rings. The molecule has 0 fully saturated rings. The van der Waals surface area contributed by atoms with Crippen LogP contribution < -0.4 is 5.73 Å². The molecule has 0 saturated carbocycles. The topological polar surface area (TPSA) is 77.8 Å². The van der Waals surface area contributed by atoms with Gasteiger partial charge < -0.3 is 10.3 Å². The molecule has 0 unspecified atom stereocenters. The second-order valence-electron chi connectivity index (χ2n) is 3.11. The normalized spacial score (nSPS) is 10.9. The molecule has 7 heteroatoms.